The first-order valence-corrected chi connectivity index (χ1v) is 7.09. The Labute approximate surface area is 120 Å². The molecule has 0 amide bonds. The number of benzene rings is 1. The fourth-order valence-electron chi connectivity index (χ4n) is 1.94. The van der Waals surface area contributed by atoms with E-state index in [1.54, 1.807) is 6.20 Å². The van der Waals surface area contributed by atoms with Gasteiger partial charge in [0.05, 0.1) is 0 Å². The molecule has 3 nitrogen and oxygen atoms in total. The van der Waals surface area contributed by atoms with Crippen LogP contribution < -0.4 is 10.5 Å². The zero-order valence-electron chi connectivity index (χ0n) is 12.3. The first-order valence-electron chi connectivity index (χ1n) is 7.09. The van der Waals surface area contributed by atoms with Crippen molar-refractivity contribution in [3.63, 3.8) is 0 Å². The molecule has 3 heteroatoms. The Hall–Kier alpha value is -1.87. The highest BCUT2D eigenvalue weighted by Gasteiger charge is 2.05. The van der Waals surface area contributed by atoms with Gasteiger partial charge in [0.2, 0.25) is 5.88 Å². The van der Waals surface area contributed by atoms with Crippen LogP contribution in [0.2, 0.25) is 0 Å². The third kappa shape index (κ3) is 3.58. The highest BCUT2D eigenvalue weighted by atomic mass is 16.5. The van der Waals surface area contributed by atoms with Crippen molar-refractivity contribution in [2.45, 2.75) is 39.2 Å². The van der Waals surface area contributed by atoms with Gasteiger partial charge in [-0.05, 0) is 42.5 Å². The third-order valence-corrected chi connectivity index (χ3v) is 3.57. The van der Waals surface area contributed by atoms with Crippen LogP contribution in [0.5, 0.6) is 11.6 Å². The zero-order chi connectivity index (χ0) is 14.5. The molecule has 0 aliphatic heterocycles. The molecular weight excluding hydrogens is 248 g/mol. The van der Waals surface area contributed by atoms with Crippen LogP contribution in [0.15, 0.2) is 42.6 Å². The molecule has 0 fully saturated rings. The van der Waals surface area contributed by atoms with E-state index < -0.39 is 0 Å². The van der Waals surface area contributed by atoms with Gasteiger partial charge in [-0.25, -0.2) is 4.98 Å². The summed E-state index contributed by atoms with van der Waals surface area (Å²) >= 11 is 0. The minimum Gasteiger partial charge on any atom is -0.439 e. The van der Waals surface area contributed by atoms with Gasteiger partial charge in [0.25, 0.3) is 0 Å². The lowest BCUT2D eigenvalue weighted by Gasteiger charge is -2.10. The monoisotopic (exact) mass is 270 g/mol. The Bertz CT molecular complexity index is 532. The molecule has 0 spiro atoms. The number of rotatable bonds is 5. The summed E-state index contributed by atoms with van der Waals surface area (Å²) in [6.07, 6.45) is 2.90. The Morgan fingerprint density at radius 3 is 2.20 bits per heavy atom. The standard InChI is InChI=1S/C17H22N2O/c1-4-12(2)14-5-8-16(9-6-14)20-17-10-7-15(11-19-17)13(3)18/h5-13H,4,18H2,1-3H3. The van der Waals surface area contributed by atoms with E-state index >= 15 is 0 Å². The van der Waals surface area contributed by atoms with E-state index in [1.165, 1.54) is 5.56 Å². The maximum absolute atomic E-state index is 5.79. The Kier molecular flexibility index (Phi) is 4.74. The van der Waals surface area contributed by atoms with Crippen molar-refractivity contribution in [3.8, 4) is 11.6 Å². The Morgan fingerprint density at radius 1 is 1.05 bits per heavy atom. The number of hydrogen-bond acceptors (Lipinski definition) is 3. The van der Waals surface area contributed by atoms with Crippen molar-refractivity contribution in [3.05, 3.63) is 53.7 Å². The average Bonchev–Trinajstić information content (AvgIpc) is 2.48. The highest BCUT2D eigenvalue weighted by molar-refractivity contribution is 5.32. The van der Waals surface area contributed by atoms with Crippen LogP contribution in [0.25, 0.3) is 0 Å². The lowest BCUT2D eigenvalue weighted by Crippen LogP contribution is -2.05. The molecule has 2 aromatic rings. The van der Waals surface area contributed by atoms with Crippen LogP contribution in [0, 0.1) is 0 Å². The number of pyridine rings is 1. The molecule has 0 aliphatic carbocycles. The fourth-order valence-corrected chi connectivity index (χ4v) is 1.94. The van der Waals surface area contributed by atoms with Crippen molar-refractivity contribution in [1.29, 1.82) is 0 Å². The largest absolute Gasteiger partial charge is 0.439 e. The first-order chi connectivity index (χ1) is 9.60. The van der Waals surface area contributed by atoms with Gasteiger partial charge in [-0.1, -0.05) is 32.0 Å². The molecule has 0 saturated carbocycles. The van der Waals surface area contributed by atoms with Crippen molar-refractivity contribution in [2.24, 2.45) is 5.73 Å². The minimum atomic E-state index is -0.00800. The molecule has 1 aromatic carbocycles. The summed E-state index contributed by atoms with van der Waals surface area (Å²) < 4.78 is 5.73. The second-order valence-electron chi connectivity index (χ2n) is 5.20. The maximum Gasteiger partial charge on any atom is 0.219 e. The Balaban J connectivity index is 2.06. The molecule has 1 heterocycles. The molecule has 20 heavy (non-hydrogen) atoms. The first kappa shape index (κ1) is 14.5. The number of ether oxygens (including phenoxy) is 1. The average molecular weight is 270 g/mol. The highest BCUT2D eigenvalue weighted by Crippen LogP contribution is 2.24. The molecule has 106 valence electrons. The molecule has 2 unspecified atom stereocenters. The fraction of sp³-hybridized carbons (Fsp3) is 0.353. The van der Waals surface area contributed by atoms with E-state index in [0.29, 0.717) is 11.8 Å². The third-order valence-electron chi connectivity index (χ3n) is 3.57. The smallest absolute Gasteiger partial charge is 0.219 e. The summed E-state index contributed by atoms with van der Waals surface area (Å²) in [6, 6.07) is 12.0. The van der Waals surface area contributed by atoms with E-state index in [2.05, 4.69) is 31.0 Å². The van der Waals surface area contributed by atoms with Gasteiger partial charge in [-0.2, -0.15) is 0 Å². The molecule has 2 N–H and O–H groups in total. The van der Waals surface area contributed by atoms with Gasteiger partial charge in [-0.15, -0.1) is 0 Å². The molecule has 1 aromatic heterocycles. The predicted octanol–water partition coefficient (Wildman–Crippen LogP) is 4.41. The summed E-state index contributed by atoms with van der Waals surface area (Å²) in [5, 5.41) is 0. The number of aromatic nitrogens is 1. The lowest BCUT2D eigenvalue weighted by atomic mass is 9.99. The van der Waals surface area contributed by atoms with Crippen LogP contribution >= 0.6 is 0 Å². The molecule has 0 bridgehead atoms. The van der Waals surface area contributed by atoms with Crippen molar-refractivity contribution < 1.29 is 4.74 Å². The molecular formula is C17H22N2O. The van der Waals surface area contributed by atoms with E-state index in [-0.39, 0.29) is 6.04 Å². The quantitative estimate of drug-likeness (QED) is 0.875. The minimum absolute atomic E-state index is 0.00800. The van der Waals surface area contributed by atoms with Gasteiger partial charge < -0.3 is 10.5 Å². The number of hydrogen-bond donors (Lipinski definition) is 1. The predicted molar refractivity (Wildman–Crippen MR) is 82.1 cm³/mol. The van der Waals surface area contributed by atoms with Gasteiger partial charge in [0.15, 0.2) is 0 Å². The van der Waals surface area contributed by atoms with Gasteiger partial charge >= 0.3 is 0 Å². The van der Waals surface area contributed by atoms with E-state index in [9.17, 15) is 0 Å². The van der Waals surface area contributed by atoms with Crippen LogP contribution in [-0.4, -0.2) is 4.98 Å². The zero-order valence-corrected chi connectivity index (χ0v) is 12.3. The van der Waals surface area contributed by atoms with Crippen LogP contribution in [-0.2, 0) is 0 Å². The van der Waals surface area contributed by atoms with E-state index in [4.69, 9.17) is 10.5 Å². The topological polar surface area (TPSA) is 48.1 Å². The van der Waals surface area contributed by atoms with E-state index in [1.807, 2.05) is 31.2 Å². The van der Waals surface area contributed by atoms with Crippen molar-refractivity contribution >= 4 is 0 Å². The number of nitrogens with zero attached hydrogens (tertiary/aromatic N) is 1. The molecule has 0 aliphatic rings. The van der Waals surface area contributed by atoms with Crippen LogP contribution in [0.1, 0.15) is 50.3 Å². The molecule has 0 radical (unpaired) electrons. The maximum atomic E-state index is 5.79. The normalized spacial score (nSPS) is 13.8. The molecule has 0 saturated heterocycles. The SMILES string of the molecule is CCC(C)c1ccc(Oc2ccc(C(C)N)cn2)cc1. The van der Waals surface area contributed by atoms with Gasteiger partial charge in [0.1, 0.15) is 5.75 Å². The summed E-state index contributed by atoms with van der Waals surface area (Å²) in [5.41, 5.74) is 8.13. The lowest BCUT2D eigenvalue weighted by molar-refractivity contribution is 0.462. The van der Waals surface area contributed by atoms with Crippen molar-refractivity contribution in [1.82, 2.24) is 4.98 Å². The summed E-state index contributed by atoms with van der Waals surface area (Å²) in [7, 11) is 0. The van der Waals surface area contributed by atoms with Crippen molar-refractivity contribution in [2.75, 3.05) is 0 Å². The van der Waals surface area contributed by atoms with Crippen LogP contribution in [0.3, 0.4) is 0 Å². The number of nitrogens with two attached hydrogens (primary N) is 1. The van der Waals surface area contributed by atoms with Crippen LogP contribution in [0.4, 0.5) is 0 Å². The summed E-state index contributed by atoms with van der Waals surface area (Å²) in [4.78, 5) is 4.27. The van der Waals surface area contributed by atoms with Gasteiger partial charge in [-0.3, -0.25) is 0 Å². The summed E-state index contributed by atoms with van der Waals surface area (Å²) in [6.45, 7) is 6.36. The summed E-state index contributed by atoms with van der Waals surface area (Å²) in [5.74, 6) is 1.97. The van der Waals surface area contributed by atoms with E-state index in [0.717, 1.165) is 17.7 Å². The van der Waals surface area contributed by atoms with Gasteiger partial charge in [0, 0.05) is 18.3 Å². The Morgan fingerprint density at radius 2 is 1.70 bits per heavy atom. The second-order valence-corrected chi connectivity index (χ2v) is 5.20. The second kappa shape index (κ2) is 6.53. The molecule has 2 rings (SSSR count). The molecule has 2 atom stereocenters.